The van der Waals surface area contributed by atoms with E-state index in [-0.39, 0.29) is 11.5 Å². The van der Waals surface area contributed by atoms with Crippen LogP contribution in [0.4, 0.5) is 0 Å². The number of phenols is 1. The summed E-state index contributed by atoms with van der Waals surface area (Å²) in [5.74, 6) is 1.11. The van der Waals surface area contributed by atoms with Crippen molar-refractivity contribution in [3.8, 4) is 11.5 Å². The van der Waals surface area contributed by atoms with E-state index in [0.29, 0.717) is 12.0 Å². The van der Waals surface area contributed by atoms with Gasteiger partial charge < -0.3 is 9.84 Å². The van der Waals surface area contributed by atoms with Gasteiger partial charge in [0.15, 0.2) is 5.78 Å². The van der Waals surface area contributed by atoms with Crippen molar-refractivity contribution in [2.75, 3.05) is 7.11 Å². The van der Waals surface area contributed by atoms with Gasteiger partial charge in [-0.25, -0.2) is 0 Å². The van der Waals surface area contributed by atoms with Gasteiger partial charge >= 0.3 is 0 Å². The number of methoxy groups -OCH3 is 1. The first-order valence-corrected chi connectivity index (χ1v) is 7.30. The Labute approximate surface area is 129 Å². The molecule has 112 valence electrons. The summed E-state index contributed by atoms with van der Waals surface area (Å²) in [6.07, 6.45) is 3.42. The molecule has 0 saturated carbocycles. The summed E-state index contributed by atoms with van der Waals surface area (Å²) < 4.78 is 5.26. The Kier molecular flexibility index (Phi) is 3.72. The van der Waals surface area contributed by atoms with Crippen LogP contribution in [0.3, 0.4) is 0 Å². The predicted octanol–water partition coefficient (Wildman–Crippen LogP) is 3.92. The summed E-state index contributed by atoms with van der Waals surface area (Å²) in [6, 6.07) is 10.9. The number of benzene rings is 2. The Balaban J connectivity index is 1.94. The topological polar surface area (TPSA) is 46.5 Å². The highest BCUT2D eigenvalue weighted by Gasteiger charge is 2.22. The molecule has 0 radical (unpaired) electrons. The summed E-state index contributed by atoms with van der Waals surface area (Å²) in [5, 5.41) is 9.52. The second-order valence-electron chi connectivity index (χ2n) is 5.57. The molecule has 0 unspecified atom stereocenters. The lowest BCUT2D eigenvalue weighted by Gasteiger charge is -2.17. The Morgan fingerprint density at radius 2 is 1.95 bits per heavy atom. The SMILES string of the molecule is COc1ccc(C=C2CCc3cc(O)ccc3C2=O)cc1C. The van der Waals surface area contributed by atoms with E-state index < -0.39 is 0 Å². The van der Waals surface area contributed by atoms with Crippen molar-refractivity contribution in [2.45, 2.75) is 19.8 Å². The van der Waals surface area contributed by atoms with E-state index in [0.717, 1.165) is 34.4 Å². The maximum atomic E-state index is 12.6. The maximum Gasteiger partial charge on any atom is 0.189 e. The Morgan fingerprint density at radius 3 is 2.68 bits per heavy atom. The van der Waals surface area contributed by atoms with Gasteiger partial charge in [-0.2, -0.15) is 0 Å². The maximum absolute atomic E-state index is 12.6. The van der Waals surface area contributed by atoms with E-state index >= 15 is 0 Å². The minimum Gasteiger partial charge on any atom is -0.508 e. The fraction of sp³-hybridized carbons (Fsp3) is 0.211. The number of phenolic OH excluding ortho intramolecular Hbond substituents is 1. The van der Waals surface area contributed by atoms with Gasteiger partial charge in [0.2, 0.25) is 0 Å². The standard InChI is InChI=1S/C19H18O3/c1-12-9-13(3-8-18(12)22-2)10-15-5-4-14-11-16(20)6-7-17(14)19(15)21/h3,6-11,20H,4-5H2,1-2H3. The average molecular weight is 294 g/mol. The Morgan fingerprint density at radius 1 is 1.14 bits per heavy atom. The van der Waals surface area contributed by atoms with Gasteiger partial charge in [0.25, 0.3) is 0 Å². The van der Waals surface area contributed by atoms with Crippen LogP contribution in [0.5, 0.6) is 11.5 Å². The first kappa shape index (κ1) is 14.4. The van der Waals surface area contributed by atoms with Crippen LogP contribution in [0.2, 0.25) is 0 Å². The lowest BCUT2D eigenvalue weighted by molar-refractivity contribution is 0.102. The summed E-state index contributed by atoms with van der Waals surface area (Å²) in [4.78, 5) is 12.6. The van der Waals surface area contributed by atoms with Crippen molar-refractivity contribution in [1.29, 1.82) is 0 Å². The van der Waals surface area contributed by atoms with Gasteiger partial charge in [-0.1, -0.05) is 6.07 Å². The minimum atomic E-state index is 0.0507. The number of hydrogen-bond acceptors (Lipinski definition) is 3. The third-order valence-electron chi connectivity index (χ3n) is 4.05. The molecule has 0 fully saturated rings. The summed E-state index contributed by atoms with van der Waals surface area (Å²) >= 11 is 0. The quantitative estimate of drug-likeness (QED) is 0.854. The molecule has 1 N–H and O–H groups in total. The molecule has 1 aliphatic carbocycles. The second-order valence-corrected chi connectivity index (χ2v) is 5.57. The number of ketones is 1. The van der Waals surface area contributed by atoms with E-state index in [1.165, 1.54) is 0 Å². The monoisotopic (exact) mass is 294 g/mol. The van der Waals surface area contributed by atoms with Crippen molar-refractivity contribution in [3.63, 3.8) is 0 Å². The molecule has 2 aromatic rings. The molecule has 3 nitrogen and oxygen atoms in total. The first-order valence-electron chi connectivity index (χ1n) is 7.30. The highest BCUT2D eigenvalue weighted by molar-refractivity contribution is 6.13. The number of aromatic hydroxyl groups is 1. The van der Waals surface area contributed by atoms with Crippen LogP contribution >= 0.6 is 0 Å². The van der Waals surface area contributed by atoms with Gasteiger partial charge in [0.1, 0.15) is 11.5 Å². The number of carbonyl (C=O) groups excluding carboxylic acids is 1. The van der Waals surface area contributed by atoms with E-state index in [9.17, 15) is 9.90 Å². The van der Waals surface area contributed by atoms with Crippen LogP contribution in [0.1, 0.15) is 33.5 Å². The van der Waals surface area contributed by atoms with Crippen LogP contribution in [0.25, 0.3) is 6.08 Å². The molecule has 0 amide bonds. The number of carbonyl (C=O) groups is 1. The number of aryl methyl sites for hydroxylation is 2. The summed E-state index contributed by atoms with van der Waals surface area (Å²) in [5.41, 5.74) is 4.48. The van der Waals surface area contributed by atoms with E-state index in [4.69, 9.17) is 4.74 Å². The zero-order chi connectivity index (χ0) is 15.7. The van der Waals surface area contributed by atoms with Crippen molar-refractivity contribution in [1.82, 2.24) is 0 Å². The molecule has 3 heteroatoms. The van der Waals surface area contributed by atoms with Crippen LogP contribution < -0.4 is 4.74 Å². The third kappa shape index (κ3) is 2.62. The molecule has 0 heterocycles. The fourth-order valence-corrected chi connectivity index (χ4v) is 2.89. The zero-order valence-corrected chi connectivity index (χ0v) is 12.7. The normalized spacial score (nSPS) is 15.7. The Bertz CT molecular complexity index is 772. The van der Waals surface area contributed by atoms with Crippen LogP contribution in [-0.2, 0) is 6.42 Å². The number of rotatable bonds is 2. The second kappa shape index (κ2) is 5.68. The molecule has 0 atom stereocenters. The molecule has 0 aromatic heterocycles. The molecule has 1 aliphatic rings. The van der Waals surface area contributed by atoms with Crippen molar-refractivity contribution in [3.05, 3.63) is 64.2 Å². The van der Waals surface area contributed by atoms with Crippen molar-refractivity contribution < 1.29 is 14.6 Å². The van der Waals surface area contributed by atoms with Crippen molar-refractivity contribution >= 4 is 11.9 Å². The summed E-state index contributed by atoms with van der Waals surface area (Å²) in [6.45, 7) is 1.99. The van der Waals surface area contributed by atoms with E-state index in [2.05, 4.69) is 0 Å². The molecule has 0 aliphatic heterocycles. The average Bonchev–Trinajstić information content (AvgIpc) is 2.50. The largest absolute Gasteiger partial charge is 0.508 e. The lowest BCUT2D eigenvalue weighted by atomic mass is 9.86. The zero-order valence-electron chi connectivity index (χ0n) is 12.7. The first-order chi connectivity index (χ1) is 10.6. The predicted molar refractivity (Wildman–Crippen MR) is 86.5 cm³/mol. The van der Waals surface area contributed by atoms with E-state index in [1.54, 1.807) is 25.3 Å². The lowest BCUT2D eigenvalue weighted by Crippen LogP contribution is -2.13. The summed E-state index contributed by atoms with van der Waals surface area (Å²) in [7, 11) is 1.65. The molecule has 3 rings (SSSR count). The van der Waals surface area contributed by atoms with Crippen LogP contribution in [-0.4, -0.2) is 18.0 Å². The fourth-order valence-electron chi connectivity index (χ4n) is 2.89. The number of Topliss-reactive ketones (excluding diaryl/α,β-unsaturated/α-hetero) is 1. The van der Waals surface area contributed by atoms with Crippen LogP contribution in [0.15, 0.2) is 42.0 Å². The Hall–Kier alpha value is -2.55. The van der Waals surface area contributed by atoms with Gasteiger partial charge in [-0.15, -0.1) is 0 Å². The third-order valence-corrected chi connectivity index (χ3v) is 4.05. The number of fused-ring (bicyclic) bond motifs is 1. The molecule has 22 heavy (non-hydrogen) atoms. The van der Waals surface area contributed by atoms with Crippen LogP contribution in [0, 0.1) is 6.92 Å². The van der Waals surface area contributed by atoms with Crippen molar-refractivity contribution in [2.24, 2.45) is 0 Å². The highest BCUT2D eigenvalue weighted by atomic mass is 16.5. The number of ether oxygens (including phenoxy) is 1. The molecular formula is C19H18O3. The molecule has 0 spiro atoms. The smallest absolute Gasteiger partial charge is 0.189 e. The highest BCUT2D eigenvalue weighted by Crippen LogP contribution is 2.29. The van der Waals surface area contributed by atoms with Gasteiger partial charge in [0.05, 0.1) is 7.11 Å². The molecule has 0 saturated heterocycles. The van der Waals surface area contributed by atoms with Gasteiger partial charge in [-0.05, 0) is 72.9 Å². The molecular weight excluding hydrogens is 276 g/mol. The molecule has 0 bridgehead atoms. The minimum absolute atomic E-state index is 0.0507. The number of hydrogen-bond donors (Lipinski definition) is 1. The van der Waals surface area contributed by atoms with E-state index in [1.807, 2.05) is 31.2 Å². The number of allylic oxidation sites excluding steroid dienone is 1. The van der Waals surface area contributed by atoms with Gasteiger partial charge in [0, 0.05) is 11.1 Å². The molecule has 2 aromatic carbocycles. The van der Waals surface area contributed by atoms with Gasteiger partial charge in [-0.3, -0.25) is 4.79 Å².